The van der Waals surface area contributed by atoms with Crippen molar-refractivity contribution in [3.63, 3.8) is 0 Å². The molecule has 1 aliphatic rings. The number of aromatic nitrogens is 1. The summed E-state index contributed by atoms with van der Waals surface area (Å²) in [5.41, 5.74) is 2.26. The van der Waals surface area contributed by atoms with Crippen LogP contribution in [0.1, 0.15) is 5.89 Å². The Kier molecular flexibility index (Phi) is 5.96. The van der Waals surface area contributed by atoms with Crippen LogP contribution in [0.4, 0.5) is 10.5 Å². The molecular formula is C18H22N6O4. The minimum Gasteiger partial charge on any atom is -0.465 e. The number of carbonyl (C=O) groups is 2. The first-order valence-corrected chi connectivity index (χ1v) is 8.93. The number of benzene rings is 1. The summed E-state index contributed by atoms with van der Waals surface area (Å²) in [5.74, 6) is -0.360. The van der Waals surface area contributed by atoms with E-state index in [0.717, 1.165) is 31.9 Å². The maximum absolute atomic E-state index is 12.1. The number of hydrogen-bond donors (Lipinski definition) is 3. The number of amides is 2. The van der Waals surface area contributed by atoms with E-state index in [9.17, 15) is 9.59 Å². The van der Waals surface area contributed by atoms with E-state index in [1.165, 1.54) is 0 Å². The molecule has 2 amide bonds. The van der Waals surface area contributed by atoms with Gasteiger partial charge in [0.1, 0.15) is 18.1 Å². The molecule has 0 spiro atoms. The normalized spacial score (nSPS) is 15.8. The zero-order chi connectivity index (χ0) is 20.1. The fraction of sp³-hybridized carbons (Fsp3) is 0.444. The lowest BCUT2D eigenvalue weighted by atomic mass is 10.2. The van der Waals surface area contributed by atoms with Gasteiger partial charge in [0.05, 0.1) is 12.5 Å². The summed E-state index contributed by atoms with van der Waals surface area (Å²) in [6, 6.07) is 6.42. The molecule has 1 aliphatic heterocycles. The quantitative estimate of drug-likeness (QED) is 0.607. The number of nitriles is 1. The lowest BCUT2D eigenvalue weighted by Gasteiger charge is -2.33. The van der Waals surface area contributed by atoms with Crippen LogP contribution in [0.3, 0.4) is 0 Å². The van der Waals surface area contributed by atoms with E-state index in [0.29, 0.717) is 11.1 Å². The van der Waals surface area contributed by atoms with E-state index >= 15 is 0 Å². The van der Waals surface area contributed by atoms with Crippen LogP contribution in [0.15, 0.2) is 22.6 Å². The van der Waals surface area contributed by atoms with Crippen LogP contribution >= 0.6 is 0 Å². The number of nitrogens with one attached hydrogen (secondary N) is 2. The molecule has 0 radical (unpaired) electrons. The molecule has 0 bridgehead atoms. The summed E-state index contributed by atoms with van der Waals surface area (Å²) in [4.78, 5) is 31.9. The number of oxazole rings is 1. The first kappa shape index (κ1) is 19.4. The van der Waals surface area contributed by atoms with E-state index in [4.69, 9.17) is 14.8 Å². The number of rotatable bonds is 6. The molecule has 28 heavy (non-hydrogen) atoms. The van der Waals surface area contributed by atoms with Gasteiger partial charge in [-0.05, 0) is 19.2 Å². The highest BCUT2D eigenvalue weighted by molar-refractivity contribution is 5.85. The molecule has 1 unspecified atom stereocenters. The van der Waals surface area contributed by atoms with Gasteiger partial charge < -0.3 is 30.0 Å². The molecule has 0 saturated carbocycles. The maximum Gasteiger partial charge on any atom is 0.405 e. The molecule has 2 aromatic rings. The average Bonchev–Trinajstić information content (AvgIpc) is 3.07. The SMILES string of the molecule is CN1CCN(c2ccc3nc(CC(NC(=O)O)C(=O)NCC#N)oc3c2)CC1. The lowest BCUT2D eigenvalue weighted by Crippen LogP contribution is -2.47. The number of fused-ring (bicyclic) bond motifs is 1. The minimum absolute atomic E-state index is 0.0535. The first-order valence-electron chi connectivity index (χ1n) is 8.93. The van der Waals surface area contributed by atoms with Crippen molar-refractivity contribution in [2.45, 2.75) is 12.5 Å². The van der Waals surface area contributed by atoms with Gasteiger partial charge in [-0.1, -0.05) is 0 Å². The molecule has 148 valence electrons. The Balaban J connectivity index is 1.75. The number of piperazine rings is 1. The number of carbonyl (C=O) groups excluding carboxylic acids is 1. The number of carboxylic acid groups (broad SMARTS) is 1. The third-order valence-corrected chi connectivity index (χ3v) is 4.62. The van der Waals surface area contributed by atoms with Crippen molar-refractivity contribution in [2.75, 3.05) is 44.7 Å². The van der Waals surface area contributed by atoms with Gasteiger partial charge in [-0.25, -0.2) is 9.78 Å². The Morgan fingerprint density at radius 1 is 1.36 bits per heavy atom. The molecule has 1 atom stereocenters. The zero-order valence-electron chi connectivity index (χ0n) is 15.5. The predicted octanol–water partition coefficient (Wildman–Crippen LogP) is 0.398. The number of anilines is 1. The summed E-state index contributed by atoms with van der Waals surface area (Å²) >= 11 is 0. The lowest BCUT2D eigenvalue weighted by molar-refractivity contribution is -0.122. The van der Waals surface area contributed by atoms with Crippen molar-refractivity contribution in [3.8, 4) is 6.07 Å². The molecule has 10 nitrogen and oxygen atoms in total. The standard InChI is InChI=1S/C18H22N6O4/c1-23-6-8-24(9-7-23)12-2-3-13-15(10-12)28-16(21-13)11-14(22-18(26)27)17(25)20-5-4-19/h2-3,10,14,22H,5-9,11H2,1H3,(H,20,25)(H,26,27). The molecule has 0 aliphatic carbocycles. The van der Waals surface area contributed by atoms with E-state index in [-0.39, 0.29) is 18.9 Å². The van der Waals surface area contributed by atoms with Crippen LogP contribution in [0.5, 0.6) is 0 Å². The molecule has 1 aromatic heterocycles. The van der Waals surface area contributed by atoms with Crippen LogP contribution in [0.2, 0.25) is 0 Å². The van der Waals surface area contributed by atoms with Gasteiger partial charge in [-0.3, -0.25) is 4.79 Å². The zero-order valence-corrected chi connectivity index (χ0v) is 15.5. The van der Waals surface area contributed by atoms with E-state index in [1.807, 2.05) is 18.2 Å². The summed E-state index contributed by atoms with van der Waals surface area (Å²) < 4.78 is 5.76. The second kappa shape index (κ2) is 8.58. The molecule has 2 heterocycles. The smallest absolute Gasteiger partial charge is 0.405 e. The van der Waals surface area contributed by atoms with Gasteiger partial charge in [0.25, 0.3) is 0 Å². The number of likely N-dealkylation sites (N-methyl/N-ethyl adjacent to an activating group) is 1. The Morgan fingerprint density at radius 3 is 2.79 bits per heavy atom. The largest absolute Gasteiger partial charge is 0.465 e. The summed E-state index contributed by atoms with van der Waals surface area (Å²) in [6.07, 6.45) is -1.40. The topological polar surface area (TPSA) is 135 Å². The Hall–Kier alpha value is -3.32. The minimum atomic E-state index is -1.34. The van der Waals surface area contributed by atoms with Gasteiger partial charge in [0.2, 0.25) is 5.91 Å². The number of nitrogens with zero attached hydrogens (tertiary/aromatic N) is 4. The van der Waals surface area contributed by atoms with Gasteiger partial charge in [-0.15, -0.1) is 0 Å². The van der Waals surface area contributed by atoms with Crippen LogP contribution < -0.4 is 15.5 Å². The molecule has 1 fully saturated rings. The second-order valence-corrected chi connectivity index (χ2v) is 6.63. The van der Waals surface area contributed by atoms with Crippen molar-refractivity contribution in [3.05, 3.63) is 24.1 Å². The molecule has 3 N–H and O–H groups in total. The summed E-state index contributed by atoms with van der Waals surface area (Å²) in [5, 5.41) is 22.0. The van der Waals surface area contributed by atoms with Gasteiger partial charge in [-0.2, -0.15) is 5.26 Å². The van der Waals surface area contributed by atoms with Crippen LogP contribution in [0, 0.1) is 11.3 Å². The van der Waals surface area contributed by atoms with Crippen LogP contribution in [0.25, 0.3) is 11.1 Å². The van der Waals surface area contributed by atoms with Crippen molar-refractivity contribution in [1.29, 1.82) is 5.26 Å². The highest BCUT2D eigenvalue weighted by atomic mass is 16.4. The van der Waals surface area contributed by atoms with Gasteiger partial charge in [0.15, 0.2) is 11.5 Å². The molecule has 1 saturated heterocycles. The fourth-order valence-corrected chi connectivity index (χ4v) is 3.09. The van der Waals surface area contributed by atoms with Crippen molar-refractivity contribution in [1.82, 2.24) is 20.5 Å². The second-order valence-electron chi connectivity index (χ2n) is 6.63. The Bertz CT molecular complexity index is 897. The summed E-state index contributed by atoms with van der Waals surface area (Å²) in [7, 11) is 2.09. The molecule has 10 heteroatoms. The van der Waals surface area contributed by atoms with E-state index in [1.54, 1.807) is 6.07 Å². The number of hydrogen-bond acceptors (Lipinski definition) is 7. The monoisotopic (exact) mass is 386 g/mol. The molecule has 3 rings (SSSR count). The third kappa shape index (κ3) is 4.69. The Morgan fingerprint density at radius 2 is 2.11 bits per heavy atom. The van der Waals surface area contributed by atoms with Crippen LogP contribution in [-0.4, -0.2) is 72.8 Å². The highest BCUT2D eigenvalue weighted by Crippen LogP contribution is 2.24. The van der Waals surface area contributed by atoms with Crippen molar-refractivity contribution < 1.29 is 19.1 Å². The molecular weight excluding hydrogens is 364 g/mol. The first-order chi connectivity index (χ1) is 13.5. The fourth-order valence-electron chi connectivity index (χ4n) is 3.09. The van der Waals surface area contributed by atoms with E-state index in [2.05, 4.69) is 32.5 Å². The van der Waals surface area contributed by atoms with Crippen molar-refractivity contribution in [2.24, 2.45) is 0 Å². The van der Waals surface area contributed by atoms with Crippen LogP contribution in [-0.2, 0) is 11.2 Å². The van der Waals surface area contributed by atoms with E-state index < -0.39 is 18.0 Å². The third-order valence-electron chi connectivity index (χ3n) is 4.62. The Labute approximate surface area is 161 Å². The van der Waals surface area contributed by atoms with Crippen molar-refractivity contribution >= 4 is 28.8 Å². The summed E-state index contributed by atoms with van der Waals surface area (Å²) in [6.45, 7) is 3.61. The highest BCUT2D eigenvalue weighted by Gasteiger charge is 2.24. The maximum atomic E-state index is 12.1. The van der Waals surface area contributed by atoms with Gasteiger partial charge >= 0.3 is 6.09 Å². The predicted molar refractivity (Wildman–Crippen MR) is 101 cm³/mol. The average molecular weight is 386 g/mol. The van der Waals surface area contributed by atoms with Gasteiger partial charge in [0, 0.05) is 37.9 Å². The molecule has 1 aromatic carbocycles.